The molecule has 0 N–H and O–H groups in total. The predicted molar refractivity (Wildman–Crippen MR) is 76.3 cm³/mol. The molecule has 20 heavy (non-hydrogen) atoms. The van der Waals surface area contributed by atoms with Crippen molar-refractivity contribution in [1.29, 1.82) is 0 Å². The normalized spacial score (nSPS) is 9.45. The highest BCUT2D eigenvalue weighted by atomic mass is 16.4. The van der Waals surface area contributed by atoms with Gasteiger partial charge in [0.15, 0.2) is 6.29 Å². The van der Waals surface area contributed by atoms with Gasteiger partial charge in [0.25, 0.3) is 0 Å². The van der Waals surface area contributed by atoms with E-state index in [1.807, 2.05) is 48.5 Å². The molecule has 0 saturated heterocycles. The third kappa shape index (κ3) is 3.62. The summed E-state index contributed by atoms with van der Waals surface area (Å²) in [5.74, 6) is 1.05. The molecule has 0 bridgehead atoms. The Hall–Kier alpha value is -2.75. The van der Waals surface area contributed by atoms with Crippen LogP contribution in [0.4, 0.5) is 0 Å². The molecule has 3 aromatic rings. The minimum absolute atomic E-state index is 0.365. The van der Waals surface area contributed by atoms with Crippen molar-refractivity contribution in [3.05, 3.63) is 72.4 Å². The number of rotatable bonds is 2. The lowest BCUT2D eigenvalue weighted by Gasteiger charge is -1.91. The van der Waals surface area contributed by atoms with Crippen LogP contribution in [0.3, 0.4) is 0 Å². The summed E-state index contributed by atoms with van der Waals surface area (Å²) >= 11 is 0. The summed E-state index contributed by atoms with van der Waals surface area (Å²) in [7, 11) is 0. The molecule has 2 heterocycles. The molecule has 0 amide bonds. The van der Waals surface area contributed by atoms with Gasteiger partial charge in [-0.1, -0.05) is 24.3 Å². The number of pyridine rings is 1. The van der Waals surface area contributed by atoms with Crippen molar-refractivity contribution in [3.8, 4) is 11.5 Å². The van der Waals surface area contributed by atoms with E-state index in [0.717, 1.165) is 5.56 Å². The Morgan fingerprint density at radius 2 is 1.65 bits per heavy atom. The van der Waals surface area contributed by atoms with Crippen LogP contribution in [0, 0.1) is 6.92 Å². The first-order chi connectivity index (χ1) is 9.81. The lowest BCUT2D eigenvalue weighted by atomic mass is 10.2. The van der Waals surface area contributed by atoms with E-state index in [0.29, 0.717) is 23.6 Å². The molecule has 3 rings (SSSR count). The van der Waals surface area contributed by atoms with Crippen LogP contribution < -0.4 is 0 Å². The topological polar surface area (TPSA) is 56.0 Å². The van der Waals surface area contributed by atoms with Crippen molar-refractivity contribution in [1.82, 2.24) is 9.97 Å². The molecule has 0 fully saturated rings. The maximum Gasteiger partial charge on any atom is 0.226 e. The highest BCUT2D eigenvalue weighted by Crippen LogP contribution is 2.20. The smallest absolute Gasteiger partial charge is 0.226 e. The quantitative estimate of drug-likeness (QED) is 0.666. The van der Waals surface area contributed by atoms with Crippen LogP contribution in [0.25, 0.3) is 11.5 Å². The van der Waals surface area contributed by atoms with E-state index in [-0.39, 0.29) is 0 Å². The molecular formula is C16H14N2O2. The number of benzene rings is 1. The summed E-state index contributed by atoms with van der Waals surface area (Å²) in [4.78, 5) is 18.4. The second kappa shape index (κ2) is 6.99. The first-order valence-electron chi connectivity index (χ1n) is 6.14. The van der Waals surface area contributed by atoms with Crippen molar-refractivity contribution in [3.63, 3.8) is 0 Å². The lowest BCUT2D eigenvalue weighted by molar-refractivity contribution is 0.111. The highest BCUT2D eigenvalue weighted by molar-refractivity contribution is 5.74. The Kier molecular flexibility index (Phi) is 4.78. The number of hydrogen-bond acceptors (Lipinski definition) is 4. The van der Waals surface area contributed by atoms with Gasteiger partial charge in [-0.3, -0.25) is 9.78 Å². The second-order valence-corrected chi connectivity index (χ2v) is 3.97. The summed E-state index contributed by atoms with van der Waals surface area (Å²) in [6.07, 6.45) is 4.20. The Bertz CT molecular complexity index is 622. The molecule has 0 unspecified atom stereocenters. The van der Waals surface area contributed by atoms with Crippen LogP contribution in [0.2, 0.25) is 0 Å². The molecule has 4 heteroatoms. The monoisotopic (exact) mass is 266 g/mol. The molecule has 0 radical (unpaired) electrons. The number of hydrogen-bond donors (Lipinski definition) is 0. The van der Waals surface area contributed by atoms with Gasteiger partial charge >= 0.3 is 0 Å². The third-order valence-corrected chi connectivity index (χ3v) is 2.53. The van der Waals surface area contributed by atoms with E-state index in [2.05, 4.69) is 9.97 Å². The van der Waals surface area contributed by atoms with Crippen LogP contribution in [0.5, 0.6) is 0 Å². The van der Waals surface area contributed by atoms with Crippen molar-refractivity contribution < 1.29 is 9.21 Å². The first kappa shape index (κ1) is 13.7. The van der Waals surface area contributed by atoms with Crippen molar-refractivity contribution in [2.45, 2.75) is 6.92 Å². The molecule has 1 aromatic carbocycles. The van der Waals surface area contributed by atoms with Gasteiger partial charge in [-0.15, -0.1) is 0 Å². The van der Waals surface area contributed by atoms with Gasteiger partial charge in [0.05, 0.1) is 0 Å². The summed E-state index contributed by atoms with van der Waals surface area (Å²) in [5.41, 5.74) is 1.24. The Morgan fingerprint density at radius 3 is 2.10 bits per heavy atom. The minimum atomic E-state index is 0.365. The zero-order valence-electron chi connectivity index (χ0n) is 11.1. The van der Waals surface area contributed by atoms with E-state index >= 15 is 0 Å². The van der Waals surface area contributed by atoms with E-state index < -0.39 is 0 Å². The first-order valence-corrected chi connectivity index (χ1v) is 6.14. The molecule has 100 valence electrons. The largest absolute Gasteiger partial charge is 0.441 e. The Morgan fingerprint density at radius 1 is 1.00 bits per heavy atom. The average molecular weight is 266 g/mol. The van der Waals surface area contributed by atoms with Crippen molar-refractivity contribution in [2.75, 3.05) is 0 Å². The van der Waals surface area contributed by atoms with Crippen LogP contribution in [0.15, 0.2) is 65.3 Å². The van der Waals surface area contributed by atoms with Crippen LogP contribution in [0.1, 0.15) is 16.2 Å². The average Bonchev–Trinajstić information content (AvgIpc) is 2.92. The Labute approximate surface area is 117 Å². The van der Waals surface area contributed by atoms with Crippen LogP contribution >= 0.6 is 0 Å². The second-order valence-electron chi connectivity index (χ2n) is 3.97. The molecule has 4 nitrogen and oxygen atoms in total. The number of nitrogens with zero attached hydrogens (tertiary/aromatic N) is 2. The van der Waals surface area contributed by atoms with E-state index in [1.54, 1.807) is 19.3 Å². The van der Waals surface area contributed by atoms with Gasteiger partial charge in [-0.25, -0.2) is 4.98 Å². The summed E-state index contributed by atoms with van der Waals surface area (Å²) in [6.45, 7) is 1.73. The SMILES string of the molecule is Cc1oc(-c2ccccc2)nc1C=O.c1ccncc1. The Balaban J connectivity index is 0.000000205. The zero-order valence-corrected chi connectivity index (χ0v) is 11.1. The van der Waals surface area contributed by atoms with Gasteiger partial charge in [-0.2, -0.15) is 0 Å². The number of aryl methyl sites for hydroxylation is 1. The predicted octanol–water partition coefficient (Wildman–Crippen LogP) is 3.54. The van der Waals surface area contributed by atoms with Gasteiger partial charge in [0, 0.05) is 18.0 Å². The fourth-order valence-corrected chi connectivity index (χ4v) is 1.53. The van der Waals surface area contributed by atoms with Crippen molar-refractivity contribution >= 4 is 6.29 Å². The fraction of sp³-hybridized carbons (Fsp3) is 0.0625. The molecular weight excluding hydrogens is 252 g/mol. The van der Waals surface area contributed by atoms with E-state index in [4.69, 9.17) is 4.42 Å². The third-order valence-electron chi connectivity index (χ3n) is 2.53. The molecule has 0 atom stereocenters. The van der Waals surface area contributed by atoms with Gasteiger partial charge in [0.1, 0.15) is 11.5 Å². The molecule has 2 aromatic heterocycles. The fourth-order valence-electron chi connectivity index (χ4n) is 1.53. The van der Waals surface area contributed by atoms with Gasteiger partial charge in [-0.05, 0) is 31.2 Å². The zero-order chi connectivity index (χ0) is 14.2. The van der Waals surface area contributed by atoms with Gasteiger partial charge < -0.3 is 4.42 Å². The summed E-state index contributed by atoms with van der Waals surface area (Å²) in [6, 6.07) is 15.2. The lowest BCUT2D eigenvalue weighted by Crippen LogP contribution is -1.81. The maximum absolute atomic E-state index is 10.5. The van der Waals surface area contributed by atoms with E-state index in [9.17, 15) is 4.79 Å². The highest BCUT2D eigenvalue weighted by Gasteiger charge is 2.09. The standard InChI is InChI=1S/C11H9NO2.C5H5N/c1-8-10(7-13)12-11(14-8)9-5-3-2-4-6-9;1-2-4-6-5-3-1/h2-7H,1H3;1-5H. The van der Waals surface area contributed by atoms with Gasteiger partial charge in [0.2, 0.25) is 5.89 Å². The molecule has 0 aliphatic carbocycles. The molecule has 0 spiro atoms. The molecule has 0 saturated carbocycles. The maximum atomic E-state index is 10.5. The molecule has 0 aliphatic heterocycles. The summed E-state index contributed by atoms with van der Waals surface area (Å²) < 4.78 is 5.35. The molecule has 0 aliphatic rings. The number of carbonyl (C=O) groups is 1. The minimum Gasteiger partial charge on any atom is -0.441 e. The number of carbonyl (C=O) groups excluding carboxylic acids is 1. The van der Waals surface area contributed by atoms with Crippen LogP contribution in [-0.4, -0.2) is 16.3 Å². The number of oxazole rings is 1. The van der Waals surface area contributed by atoms with Crippen molar-refractivity contribution in [2.24, 2.45) is 0 Å². The van der Waals surface area contributed by atoms with Crippen LogP contribution in [-0.2, 0) is 0 Å². The summed E-state index contributed by atoms with van der Waals surface area (Å²) in [5, 5.41) is 0. The van der Waals surface area contributed by atoms with E-state index in [1.165, 1.54) is 0 Å². The number of aromatic nitrogens is 2. The number of aldehydes is 1.